The quantitative estimate of drug-likeness (QED) is 0.789. The van der Waals surface area contributed by atoms with Crippen molar-refractivity contribution in [3.63, 3.8) is 0 Å². The normalized spacial score (nSPS) is 12.1. The third-order valence-corrected chi connectivity index (χ3v) is 4.87. The van der Waals surface area contributed by atoms with Crippen molar-refractivity contribution in [2.45, 2.75) is 31.6 Å². The zero-order valence-corrected chi connectivity index (χ0v) is 13.6. The minimum Gasteiger partial charge on any atom is -0.211 e. The molecule has 0 spiro atoms. The summed E-state index contributed by atoms with van der Waals surface area (Å²) in [6, 6.07) is 4.73. The lowest BCUT2D eigenvalue weighted by Crippen LogP contribution is -2.25. The Morgan fingerprint density at radius 3 is 2.61 bits per heavy atom. The van der Waals surface area contributed by atoms with Crippen LogP contribution >= 0.6 is 27.5 Å². The van der Waals surface area contributed by atoms with Crippen LogP contribution in [-0.2, 0) is 10.0 Å². The van der Waals surface area contributed by atoms with Crippen molar-refractivity contribution in [2.24, 2.45) is 5.92 Å². The molecule has 0 unspecified atom stereocenters. The molecule has 0 amide bonds. The summed E-state index contributed by atoms with van der Waals surface area (Å²) in [5.41, 5.74) is 0. The van der Waals surface area contributed by atoms with E-state index in [1.165, 1.54) is 6.07 Å². The minimum atomic E-state index is -3.51. The van der Waals surface area contributed by atoms with E-state index in [-0.39, 0.29) is 9.92 Å². The fraction of sp³-hybridized carbons (Fsp3) is 0.500. The lowest BCUT2D eigenvalue weighted by molar-refractivity contribution is 0.540. The molecule has 0 saturated carbocycles. The van der Waals surface area contributed by atoms with E-state index in [1.54, 1.807) is 12.1 Å². The van der Waals surface area contributed by atoms with E-state index in [2.05, 4.69) is 34.5 Å². The standard InChI is InChI=1S/C12H17BrClNO2S/c1-9(2)4-3-7-15-18(16,17)12-6-5-10(13)8-11(12)14/h5-6,8-9,15H,3-4,7H2,1-2H3. The Kier molecular flexibility index (Phi) is 6.11. The molecule has 0 aliphatic rings. The highest BCUT2D eigenvalue weighted by Gasteiger charge is 2.17. The summed E-state index contributed by atoms with van der Waals surface area (Å²) in [5.74, 6) is 0.575. The Bertz CT molecular complexity index is 503. The lowest BCUT2D eigenvalue weighted by atomic mass is 10.1. The van der Waals surface area contributed by atoms with Crippen LogP contribution in [0.5, 0.6) is 0 Å². The number of rotatable bonds is 6. The molecule has 0 aromatic heterocycles. The molecule has 0 radical (unpaired) electrons. The summed E-state index contributed by atoms with van der Waals surface area (Å²) in [7, 11) is -3.51. The molecule has 0 fully saturated rings. The number of halogens is 2. The highest BCUT2D eigenvalue weighted by Crippen LogP contribution is 2.25. The van der Waals surface area contributed by atoms with Gasteiger partial charge in [-0.1, -0.05) is 41.4 Å². The fourth-order valence-corrected chi connectivity index (χ4v) is 3.60. The highest BCUT2D eigenvalue weighted by molar-refractivity contribution is 9.10. The third-order valence-electron chi connectivity index (χ3n) is 2.43. The molecule has 0 heterocycles. The zero-order valence-electron chi connectivity index (χ0n) is 10.4. The van der Waals surface area contributed by atoms with Crippen molar-refractivity contribution in [2.75, 3.05) is 6.54 Å². The lowest BCUT2D eigenvalue weighted by Gasteiger charge is -2.09. The van der Waals surface area contributed by atoms with Gasteiger partial charge in [-0.05, 0) is 37.0 Å². The largest absolute Gasteiger partial charge is 0.242 e. The Morgan fingerprint density at radius 2 is 2.06 bits per heavy atom. The SMILES string of the molecule is CC(C)CCCNS(=O)(=O)c1ccc(Br)cc1Cl. The van der Waals surface area contributed by atoms with E-state index >= 15 is 0 Å². The fourth-order valence-electron chi connectivity index (χ4n) is 1.49. The van der Waals surface area contributed by atoms with Gasteiger partial charge in [0.2, 0.25) is 10.0 Å². The Balaban J connectivity index is 2.69. The molecule has 1 N–H and O–H groups in total. The van der Waals surface area contributed by atoms with Gasteiger partial charge in [-0.2, -0.15) is 0 Å². The van der Waals surface area contributed by atoms with Crippen LogP contribution < -0.4 is 4.72 Å². The number of nitrogens with one attached hydrogen (secondary N) is 1. The average molecular weight is 355 g/mol. The number of sulfonamides is 1. The van der Waals surface area contributed by atoms with Crippen LogP contribution in [0.3, 0.4) is 0 Å². The molecule has 0 bridgehead atoms. The summed E-state index contributed by atoms with van der Waals surface area (Å²) in [6.07, 6.45) is 1.82. The van der Waals surface area contributed by atoms with Crippen molar-refractivity contribution in [3.8, 4) is 0 Å². The number of hydrogen-bond acceptors (Lipinski definition) is 2. The first-order valence-electron chi connectivity index (χ1n) is 5.77. The van der Waals surface area contributed by atoms with Gasteiger partial charge in [-0.15, -0.1) is 0 Å². The second kappa shape index (κ2) is 6.89. The van der Waals surface area contributed by atoms with Crippen molar-refractivity contribution < 1.29 is 8.42 Å². The summed E-state index contributed by atoms with van der Waals surface area (Å²) in [6.45, 7) is 4.66. The van der Waals surface area contributed by atoms with Crippen molar-refractivity contribution in [1.29, 1.82) is 0 Å². The predicted molar refractivity (Wildman–Crippen MR) is 78.4 cm³/mol. The molecule has 3 nitrogen and oxygen atoms in total. The summed E-state index contributed by atoms with van der Waals surface area (Å²) >= 11 is 9.17. The minimum absolute atomic E-state index is 0.122. The predicted octanol–water partition coefficient (Wildman–Crippen LogP) is 3.82. The van der Waals surface area contributed by atoms with Gasteiger partial charge in [0.05, 0.1) is 5.02 Å². The van der Waals surface area contributed by atoms with Crippen LogP contribution in [0.2, 0.25) is 5.02 Å². The molecule has 1 rings (SSSR count). The van der Waals surface area contributed by atoms with Crippen molar-refractivity contribution >= 4 is 37.6 Å². The van der Waals surface area contributed by atoms with Crippen LogP contribution in [-0.4, -0.2) is 15.0 Å². The first-order chi connectivity index (χ1) is 8.33. The molecule has 102 valence electrons. The van der Waals surface area contributed by atoms with Gasteiger partial charge in [0.1, 0.15) is 4.90 Å². The first-order valence-corrected chi connectivity index (χ1v) is 8.43. The molecular weight excluding hydrogens is 338 g/mol. The van der Waals surface area contributed by atoms with E-state index in [1.807, 2.05) is 0 Å². The molecule has 6 heteroatoms. The molecule has 18 heavy (non-hydrogen) atoms. The molecule has 0 aliphatic heterocycles. The molecule has 1 aromatic carbocycles. The van der Waals surface area contributed by atoms with Crippen LogP contribution in [0.1, 0.15) is 26.7 Å². The van der Waals surface area contributed by atoms with Crippen LogP contribution in [0, 0.1) is 5.92 Å². The van der Waals surface area contributed by atoms with Crippen LogP contribution in [0.4, 0.5) is 0 Å². The van der Waals surface area contributed by atoms with E-state index in [4.69, 9.17) is 11.6 Å². The Labute approximate surface area is 122 Å². The maximum Gasteiger partial charge on any atom is 0.242 e. The second-order valence-electron chi connectivity index (χ2n) is 4.51. The van der Waals surface area contributed by atoms with Gasteiger partial charge in [0, 0.05) is 11.0 Å². The number of hydrogen-bond donors (Lipinski definition) is 1. The topological polar surface area (TPSA) is 46.2 Å². The summed E-state index contributed by atoms with van der Waals surface area (Å²) in [5, 5.41) is 0.223. The maximum absolute atomic E-state index is 12.0. The van der Waals surface area contributed by atoms with E-state index in [0.717, 1.165) is 17.3 Å². The van der Waals surface area contributed by atoms with E-state index < -0.39 is 10.0 Å². The third kappa shape index (κ3) is 4.88. The van der Waals surface area contributed by atoms with E-state index in [9.17, 15) is 8.42 Å². The van der Waals surface area contributed by atoms with Crippen molar-refractivity contribution in [1.82, 2.24) is 4.72 Å². The Hall–Kier alpha value is -0.100. The van der Waals surface area contributed by atoms with Gasteiger partial charge >= 0.3 is 0 Å². The molecule has 0 atom stereocenters. The van der Waals surface area contributed by atoms with Crippen LogP contribution in [0.25, 0.3) is 0 Å². The smallest absolute Gasteiger partial charge is 0.211 e. The highest BCUT2D eigenvalue weighted by atomic mass is 79.9. The first kappa shape index (κ1) is 16.0. The average Bonchev–Trinajstić information content (AvgIpc) is 2.23. The molecule has 0 aliphatic carbocycles. The van der Waals surface area contributed by atoms with Gasteiger partial charge < -0.3 is 0 Å². The number of benzene rings is 1. The van der Waals surface area contributed by atoms with Gasteiger partial charge in [-0.3, -0.25) is 0 Å². The molecular formula is C12H17BrClNO2S. The summed E-state index contributed by atoms with van der Waals surface area (Å²) < 4.78 is 27.3. The van der Waals surface area contributed by atoms with Crippen molar-refractivity contribution in [3.05, 3.63) is 27.7 Å². The molecule has 1 aromatic rings. The Morgan fingerprint density at radius 1 is 1.39 bits per heavy atom. The van der Waals surface area contributed by atoms with Crippen LogP contribution in [0.15, 0.2) is 27.6 Å². The summed E-state index contributed by atoms with van der Waals surface area (Å²) in [4.78, 5) is 0.122. The van der Waals surface area contributed by atoms with Gasteiger partial charge in [-0.25, -0.2) is 13.1 Å². The maximum atomic E-state index is 12.0. The second-order valence-corrected chi connectivity index (χ2v) is 7.57. The zero-order chi connectivity index (χ0) is 13.8. The van der Waals surface area contributed by atoms with Gasteiger partial charge in [0.15, 0.2) is 0 Å². The van der Waals surface area contributed by atoms with Gasteiger partial charge in [0.25, 0.3) is 0 Å². The monoisotopic (exact) mass is 353 g/mol. The van der Waals surface area contributed by atoms with E-state index in [0.29, 0.717) is 12.5 Å². The molecule has 0 saturated heterocycles.